The van der Waals surface area contributed by atoms with Gasteiger partial charge in [-0.15, -0.1) is 0 Å². The summed E-state index contributed by atoms with van der Waals surface area (Å²) in [4.78, 5) is 4.63. The van der Waals surface area contributed by atoms with E-state index in [0.717, 1.165) is 34.7 Å². The fourth-order valence-electron chi connectivity index (χ4n) is 2.89. The summed E-state index contributed by atoms with van der Waals surface area (Å²) in [5, 5.41) is 10.4. The molecule has 5 heteroatoms. The fourth-order valence-corrected chi connectivity index (χ4v) is 2.89. The molecular weight excluding hydrogens is 298 g/mol. The van der Waals surface area contributed by atoms with Crippen molar-refractivity contribution in [1.29, 1.82) is 5.41 Å². The predicted molar refractivity (Wildman–Crippen MR) is 100 cm³/mol. The number of nitrogens with two attached hydrogens (primary N) is 1. The molecule has 0 aliphatic heterocycles. The summed E-state index contributed by atoms with van der Waals surface area (Å²) < 4.78 is 2.17. The summed E-state index contributed by atoms with van der Waals surface area (Å²) in [6, 6.07) is 14.3. The number of nitrogen functional groups attached to an aromatic ring is 1. The third-order valence-corrected chi connectivity index (χ3v) is 4.09. The van der Waals surface area contributed by atoms with Gasteiger partial charge in [0.05, 0.1) is 11.2 Å². The second kappa shape index (κ2) is 6.58. The van der Waals surface area contributed by atoms with E-state index in [9.17, 15) is 0 Å². The number of allylic oxidation sites excluding steroid dienone is 1. The lowest BCUT2D eigenvalue weighted by molar-refractivity contribution is 0.786. The molecule has 0 amide bonds. The van der Waals surface area contributed by atoms with Crippen LogP contribution in [0, 0.1) is 12.3 Å². The van der Waals surface area contributed by atoms with Gasteiger partial charge in [-0.05, 0) is 30.7 Å². The molecule has 2 aromatic carbocycles. The van der Waals surface area contributed by atoms with Gasteiger partial charge in [-0.2, -0.15) is 0 Å². The zero-order valence-electron chi connectivity index (χ0n) is 13.9. The molecule has 0 saturated carbocycles. The van der Waals surface area contributed by atoms with E-state index >= 15 is 0 Å². The van der Waals surface area contributed by atoms with Crippen molar-refractivity contribution < 1.29 is 0 Å². The van der Waals surface area contributed by atoms with Crippen molar-refractivity contribution in [2.24, 2.45) is 0 Å². The Kier molecular flexibility index (Phi) is 4.33. The van der Waals surface area contributed by atoms with Gasteiger partial charge in [-0.3, -0.25) is 0 Å². The molecule has 122 valence electrons. The minimum Gasteiger partial charge on any atom is -0.397 e. The minimum atomic E-state index is 0.642. The van der Waals surface area contributed by atoms with Crippen LogP contribution in [0.1, 0.15) is 17.0 Å². The summed E-state index contributed by atoms with van der Waals surface area (Å²) in [6.07, 6.45) is 2.98. The van der Waals surface area contributed by atoms with E-state index in [2.05, 4.69) is 33.1 Å². The van der Waals surface area contributed by atoms with Crippen LogP contribution in [0.4, 0.5) is 5.69 Å². The molecule has 0 saturated heterocycles. The Morgan fingerprint density at radius 1 is 1.29 bits per heavy atom. The Bertz CT molecular complexity index is 906. The van der Waals surface area contributed by atoms with Gasteiger partial charge in [0.25, 0.3) is 0 Å². The quantitative estimate of drug-likeness (QED) is 0.499. The minimum absolute atomic E-state index is 0.642. The van der Waals surface area contributed by atoms with E-state index in [-0.39, 0.29) is 0 Å². The number of benzene rings is 2. The summed E-state index contributed by atoms with van der Waals surface area (Å²) in [5.41, 5.74) is 11.7. The van der Waals surface area contributed by atoms with Crippen LogP contribution in [0.25, 0.3) is 16.7 Å². The Labute approximate surface area is 141 Å². The molecule has 0 unspecified atom stereocenters. The molecule has 0 atom stereocenters. The van der Waals surface area contributed by atoms with Crippen molar-refractivity contribution >= 4 is 28.6 Å². The summed E-state index contributed by atoms with van der Waals surface area (Å²) in [6.45, 7) is 2.74. The Balaban J connectivity index is 2.16. The molecule has 3 aromatic rings. The summed E-state index contributed by atoms with van der Waals surface area (Å²) in [7, 11) is 1.84. The largest absolute Gasteiger partial charge is 0.397 e. The van der Waals surface area contributed by atoms with Gasteiger partial charge in [0.15, 0.2) is 0 Å². The summed E-state index contributed by atoms with van der Waals surface area (Å²) in [5.74, 6) is 0.930. The average Bonchev–Trinajstić information content (AvgIpc) is 2.90. The maximum absolute atomic E-state index is 7.31. The first-order valence-corrected chi connectivity index (χ1v) is 7.83. The fraction of sp³-hybridized carbons (Fsp3) is 0.158. The molecule has 1 heterocycles. The zero-order chi connectivity index (χ0) is 17.1. The van der Waals surface area contributed by atoms with Crippen LogP contribution in [-0.4, -0.2) is 22.8 Å². The molecule has 5 nitrogen and oxygen atoms in total. The molecule has 4 N–H and O–H groups in total. The van der Waals surface area contributed by atoms with Crippen LogP contribution in [-0.2, 0) is 6.54 Å². The molecular formula is C19H21N5. The molecule has 0 radical (unpaired) electrons. The molecule has 0 bridgehead atoms. The molecule has 0 aliphatic rings. The second-order valence-electron chi connectivity index (χ2n) is 5.66. The number of nitrogens with zero attached hydrogens (tertiary/aromatic N) is 2. The van der Waals surface area contributed by atoms with Crippen molar-refractivity contribution in [3.8, 4) is 0 Å². The first kappa shape index (κ1) is 15.8. The number of rotatable bonds is 5. The third kappa shape index (κ3) is 2.88. The number of hydrogen-bond acceptors (Lipinski definition) is 4. The van der Waals surface area contributed by atoms with Crippen molar-refractivity contribution in [3.63, 3.8) is 0 Å². The number of anilines is 1. The van der Waals surface area contributed by atoms with Crippen molar-refractivity contribution in [1.82, 2.24) is 14.9 Å². The lowest BCUT2D eigenvalue weighted by atomic mass is 10.1. The highest BCUT2D eigenvalue weighted by Crippen LogP contribution is 2.27. The Hall–Kier alpha value is -3.08. The first-order valence-electron chi connectivity index (χ1n) is 7.83. The number of aryl methyl sites for hydroxylation is 1. The summed E-state index contributed by atoms with van der Waals surface area (Å²) >= 11 is 0. The van der Waals surface area contributed by atoms with E-state index in [4.69, 9.17) is 11.1 Å². The predicted octanol–water partition coefficient (Wildman–Crippen LogP) is 3.19. The lowest BCUT2D eigenvalue weighted by Gasteiger charge is -2.11. The van der Waals surface area contributed by atoms with Crippen molar-refractivity contribution in [2.45, 2.75) is 13.5 Å². The van der Waals surface area contributed by atoms with E-state index < -0.39 is 0 Å². The molecule has 0 aliphatic carbocycles. The maximum atomic E-state index is 7.31. The number of aromatic nitrogens is 2. The van der Waals surface area contributed by atoms with Crippen LogP contribution >= 0.6 is 0 Å². The van der Waals surface area contributed by atoms with Gasteiger partial charge >= 0.3 is 0 Å². The van der Waals surface area contributed by atoms with Gasteiger partial charge in [0.2, 0.25) is 0 Å². The van der Waals surface area contributed by atoms with E-state index in [1.165, 1.54) is 11.8 Å². The van der Waals surface area contributed by atoms with E-state index in [1.807, 2.05) is 38.2 Å². The molecule has 0 spiro atoms. The zero-order valence-corrected chi connectivity index (χ0v) is 13.9. The molecule has 3 rings (SSSR count). The second-order valence-corrected chi connectivity index (χ2v) is 5.66. The van der Waals surface area contributed by atoms with Crippen molar-refractivity contribution in [3.05, 3.63) is 65.5 Å². The van der Waals surface area contributed by atoms with Gasteiger partial charge in [0.1, 0.15) is 11.3 Å². The van der Waals surface area contributed by atoms with Crippen LogP contribution in [0.2, 0.25) is 0 Å². The van der Waals surface area contributed by atoms with Crippen LogP contribution in [0.5, 0.6) is 0 Å². The third-order valence-electron chi connectivity index (χ3n) is 4.09. The van der Waals surface area contributed by atoms with Crippen LogP contribution < -0.4 is 11.1 Å². The number of imidazole rings is 1. The maximum Gasteiger partial charge on any atom is 0.112 e. The first-order chi connectivity index (χ1) is 11.6. The normalized spacial score (nSPS) is 11.7. The highest BCUT2D eigenvalue weighted by atomic mass is 15.1. The van der Waals surface area contributed by atoms with Crippen LogP contribution in [0.15, 0.2) is 48.5 Å². The SMILES string of the molecule is CN/C(=C\C=N)c1cc(N)c2nc(C)n(Cc3ccccc3)c2c1. The Morgan fingerprint density at radius 2 is 2.04 bits per heavy atom. The smallest absolute Gasteiger partial charge is 0.112 e. The van der Waals surface area contributed by atoms with Crippen LogP contribution in [0.3, 0.4) is 0 Å². The standard InChI is InChI=1S/C19H21N5/c1-13-23-19-16(21)10-15(17(22-2)8-9-20)11-18(19)24(13)12-14-6-4-3-5-7-14/h3-11,20,22H,12,21H2,1-2H3/b17-8-,20-9?. The molecule has 0 fully saturated rings. The molecule has 1 aromatic heterocycles. The van der Waals surface area contributed by atoms with Gasteiger partial charge in [-0.1, -0.05) is 30.3 Å². The average molecular weight is 319 g/mol. The van der Waals surface area contributed by atoms with Gasteiger partial charge in [0, 0.05) is 31.1 Å². The topological polar surface area (TPSA) is 79.7 Å². The van der Waals surface area contributed by atoms with Gasteiger partial charge < -0.3 is 21.0 Å². The lowest BCUT2D eigenvalue weighted by Crippen LogP contribution is -2.06. The number of fused-ring (bicyclic) bond motifs is 1. The van der Waals surface area contributed by atoms with E-state index in [1.54, 1.807) is 6.08 Å². The van der Waals surface area contributed by atoms with E-state index in [0.29, 0.717) is 5.69 Å². The highest BCUT2D eigenvalue weighted by molar-refractivity contribution is 5.93. The monoisotopic (exact) mass is 319 g/mol. The molecule has 24 heavy (non-hydrogen) atoms. The number of hydrogen-bond donors (Lipinski definition) is 3. The highest BCUT2D eigenvalue weighted by Gasteiger charge is 2.13. The van der Waals surface area contributed by atoms with Crippen molar-refractivity contribution in [2.75, 3.05) is 12.8 Å². The Morgan fingerprint density at radius 3 is 2.71 bits per heavy atom. The van der Waals surface area contributed by atoms with Gasteiger partial charge in [-0.25, -0.2) is 4.98 Å². The number of nitrogens with one attached hydrogen (secondary N) is 2.